The summed E-state index contributed by atoms with van der Waals surface area (Å²) in [6, 6.07) is 0. The quantitative estimate of drug-likeness (QED) is 0.0346. The topological polar surface area (TPSA) is 61.8 Å². The van der Waals surface area contributed by atoms with Crippen molar-refractivity contribution >= 4 is 11.9 Å². The maximum Gasteiger partial charge on any atom is 0.305 e. The molecule has 0 rings (SSSR count). The van der Waals surface area contributed by atoms with Crippen LogP contribution in [0.15, 0.2) is 60.8 Å². The van der Waals surface area contributed by atoms with Crippen molar-refractivity contribution in [2.75, 3.05) is 19.8 Å². The minimum Gasteiger partial charge on any atom is -0.463 e. The van der Waals surface area contributed by atoms with Gasteiger partial charge in [-0.25, -0.2) is 0 Å². The van der Waals surface area contributed by atoms with Crippen molar-refractivity contribution in [3.8, 4) is 0 Å². The minimum absolute atomic E-state index is 0.137. The van der Waals surface area contributed by atoms with Crippen molar-refractivity contribution < 1.29 is 23.8 Å². The zero-order valence-electron chi connectivity index (χ0n) is 44.2. The van der Waals surface area contributed by atoms with E-state index in [1.807, 2.05) is 0 Å². The third kappa shape index (κ3) is 54.2. The van der Waals surface area contributed by atoms with Crippen LogP contribution < -0.4 is 0 Å². The summed E-state index contributed by atoms with van der Waals surface area (Å²) in [5, 5.41) is 0. The van der Waals surface area contributed by atoms with E-state index in [4.69, 9.17) is 14.2 Å². The monoisotopic (exact) mass is 923 g/mol. The number of rotatable bonds is 53. The van der Waals surface area contributed by atoms with Gasteiger partial charge in [0.05, 0.1) is 0 Å². The van der Waals surface area contributed by atoms with Crippen LogP contribution in [0.5, 0.6) is 0 Å². The van der Waals surface area contributed by atoms with Crippen LogP contribution in [0, 0.1) is 0 Å². The molecule has 66 heavy (non-hydrogen) atoms. The first-order valence-corrected chi connectivity index (χ1v) is 28.8. The molecular weight excluding hydrogens is 813 g/mol. The molecule has 384 valence electrons. The standard InChI is InChI=1S/C61H110O5/c1-4-7-10-13-16-19-22-25-28-30-31-32-34-37-40-43-46-49-52-55-61(63)66-58-59(64-56-53-50-47-44-41-38-35-29-26-23-20-17-14-11-8-5-2)57-65-60(62)54-51-48-45-42-39-36-33-27-24-21-18-15-12-9-6-3/h9,12,18,21,25,27-28,33,39,42,59H,4-8,10-11,13-17,19-20,22-24,26,29-32,34-38,40-41,43-58H2,1-3H3/b12-9-,21-18-,28-25-,33-27-,42-39-/t59-/m1/s1. The Balaban J connectivity index is 4.28. The molecule has 0 aromatic carbocycles. The average Bonchev–Trinajstić information content (AvgIpc) is 3.32. The number of allylic oxidation sites excluding steroid dienone is 10. The first-order chi connectivity index (χ1) is 32.6. The number of carbonyl (C=O) groups excluding carboxylic acids is 2. The molecule has 0 heterocycles. The molecule has 0 spiro atoms. The first-order valence-electron chi connectivity index (χ1n) is 28.8. The number of hydrogen-bond acceptors (Lipinski definition) is 5. The Bertz CT molecular complexity index is 1130. The zero-order valence-corrected chi connectivity index (χ0v) is 44.2. The van der Waals surface area contributed by atoms with Gasteiger partial charge in [-0.1, -0.05) is 255 Å². The maximum absolute atomic E-state index is 12.7. The number of esters is 2. The fourth-order valence-corrected chi connectivity index (χ4v) is 8.24. The van der Waals surface area contributed by atoms with E-state index < -0.39 is 6.10 Å². The summed E-state index contributed by atoms with van der Waals surface area (Å²) in [6.45, 7) is 7.61. The van der Waals surface area contributed by atoms with Gasteiger partial charge in [-0.3, -0.25) is 9.59 Å². The lowest BCUT2D eigenvalue weighted by atomic mass is 10.0. The third-order valence-electron chi connectivity index (χ3n) is 12.6. The van der Waals surface area contributed by atoms with Crippen LogP contribution in [-0.2, 0) is 23.8 Å². The summed E-state index contributed by atoms with van der Waals surface area (Å²) in [7, 11) is 0. The maximum atomic E-state index is 12.7. The predicted molar refractivity (Wildman–Crippen MR) is 288 cm³/mol. The highest BCUT2D eigenvalue weighted by molar-refractivity contribution is 5.69. The average molecular weight is 924 g/mol. The summed E-state index contributed by atoms with van der Waals surface area (Å²) >= 11 is 0. The van der Waals surface area contributed by atoms with Crippen LogP contribution in [0.2, 0.25) is 0 Å². The van der Waals surface area contributed by atoms with Gasteiger partial charge >= 0.3 is 11.9 Å². The van der Waals surface area contributed by atoms with Gasteiger partial charge in [-0.15, -0.1) is 0 Å². The Labute approximate surface area is 411 Å². The van der Waals surface area contributed by atoms with Gasteiger partial charge in [0.1, 0.15) is 19.3 Å². The molecule has 0 radical (unpaired) electrons. The summed E-state index contributed by atoms with van der Waals surface area (Å²) < 4.78 is 17.5. The van der Waals surface area contributed by atoms with Crippen LogP contribution >= 0.6 is 0 Å². The van der Waals surface area contributed by atoms with Crippen molar-refractivity contribution in [3.05, 3.63) is 60.8 Å². The minimum atomic E-state index is -0.417. The fraction of sp³-hybridized carbons (Fsp3) is 0.803. The molecule has 5 nitrogen and oxygen atoms in total. The molecule has 0 unspecified atom stereocenters. The lowest BCUT2D eigenvalue weighted by Crippen LogP contribution is -2.29. The molecular formula is C61H110O5. The van der Waals surface area contributed by atoms with Crippen molar-refractivity contribution in [1.29, 1.82) is 0 Å². The Morgan fingerprint density at radius 1 is 0.333 bits per heavy atom. The molecule has 0 aromatic heterocycles. The van der Waals surface area contributed by atoms with Crippen molar-refractivity contribution in [2.24, 2.45) is 0 Å². The van der Waals surface area contributed by atoms with Gasteiger partial charge in [0.25, 0.3) is 0 Å². The lowest BCUT2D eigenvalue weighted by Gasteiger charge is -2.18. The highest BCUT2D eigenvalue weighted by Crippen LogP contribution is 2.16. The van der Waals surface area contributed by atoms with Crippen LogP contribution in [-0.4, -0.2) is 37.9 Å². The third-order valence-corrected chi connectivity index (χ3v) is 12.6. The lowest BCUT2D eigenvalue weighted by molar-refractivity contribution is -0.155. The normalized spacial score (nSPS) is 12.6. The highest BCUT2D eigenvalue weighted by Gasteiger charge is 2.16. The Kier molecular flexibility index (Phi) is 54.9. The molecule has 0 aliphatic carbocycles. The number of hydrogen-bond donors (Lipinski definition) is 0. The van der Waals surface area contributed by atoms with E-state index in [-0.39, 0.29) is 25.2 Å². The fourth-order valence-electron chi connectivity index (χ4n) is 8.24. The molecule has 0 N–H and O–H groups in total. The molecule has 1 atom stereocenters. The van der Waals surface area contributed by atoms with E-state index >= 15 is 0 Å². The van der Waals surface area contributed by atoms with Crippen molar-refractivity contribution in [2.45, 2.75) is 297 Å². The van der Waals surface area contributed by atoms with Gasteiger partial charge in [-0.2, -0.15) is 0 Å². The van der Waals surface area contributed by atoms with Crippen LogP contribution in [0.4, 0.5) is 0 Å². The second kappa shape index (κ2) is 56.9. The molecule has 5 heteroatoms. The first kappa shape index (κ1) is 63.6. The van der Waals surface area contributed by atoms with E-state index in [2.05, 4.69) is 81.5 Å². The number of ether oxygens (including phenoxy) is 3. The SMILES string of the molecule is CC/C=C\C/C=C\C/C=C\C/C=C\CCCCC(=O)OC[C@H](COC(=O)CCCCCCCCCCC/C=C\CCCCCCCC)OCCCCCCCCCCCCCCCCCC. The highest BCUT2D eigenvalue weighted by atomic mass is 16.6. The van der Waals surface area contributed by atoms with Crippen LogP contribution in [0.1, 0.15) is 290 Å². The molecule has 0 amide bonds. The smallest absolute Gasteiger partial charge is 0.305 e. The molecule has 0 bridgehead atoms. The largest absolute Gasteiger partial charge is 0.463 e. The van der Waals surface area contributed by atoms with Crippen LogP contribution in [0.3, 0.4) is 0 Å². The van der Waals surface area contributed by atoms with Gasteiger partial charge < -0.3 is 14.2 Å². The summed E-state index contributed by atoms with van der Waals surface area (Å²) in [5.41, 5.74) is 0. The van der Waals surface area contributed by atoms with Crippen molar-refractivity contribution in [1.82, 2.24) is 0 Å². The van der Waals surface area contributed by atoms with E-state index in [0.717, 1.165) is 70.6 Å². The zero-order chi connectivity index (χ0) is 47.7. The van der Waals surface area contributed by atoms with E-state index in [1.54, 1.807) is 0 Å². The molecule has 0 fully saturated rings. The second-order valence-corrected chi connectivity index (χ2v) is 19.2. The summed E-state index contributed by atoms with van der Waals surface area (Å²) in [6.07, 6.45) is 72.7. The van der Waals surface area contributed by atoms with E-state index in [9.17, 15) is 9.59 Å². The van der Waals surface area contributed by atoms with E-state index in [1.165, 1.54) is 186 Å². The van der Waals surface area contributed by atoms with Gasteiger partial charge in [-0.05, 0) is 83.5 Å². The van der Waals surface area contributed by atoms with Gasteiger partial charge in [0.2, 0.25) is 0 Å². The Morgan fingerprint density at radius 3 is 1.02 bits per heavy atom. The summed E-state index contributed by atoms with van der Waals surface area (Å²) in [5.74, 6) is -0.372. The molecule has 0 aliphatic heterocycles. The summed E-state index contributed by atoms with van der Waals surface area (Å²) in [4.78, 5) is 25.3. The van der Waals surface area contributed by atoms with Gasteiger partial charge in [0.15, 0.2) is 0 Å². The van der Waals surface area contributed by atoms with Crippen LogP contribution in [0.25, 0.3) is 0 Å². The Morgan fingerprint density at radius 2 is 0.621 bits per heavy atom. The van der Waals surface area contributed by atoms with E-state index in [0.29, 0.717) is 19.4 Å². The molecule has 0 aromatic rings. The van der Waals surface area contributed by atoms with Crippen molar-refractivity contribution in [3.63, 3.8) is 0 Å². The second-order valence-electron chi connectivity index (χ2n) is 19.2. The number of unbranched alkanes of at least 4 members (excludes halogenated alkanes) is 32. The molecule has 0 aliphatic rings. The molecule has 0 saturated carbocycles. The number of carbonyl (C=O) groups is 2. The Hall–Kier alpha value is -2.40. The molecule has 0 saturated heterocycles. The van der Waals surface area contributed by atoms with Gasteiger partial charge in [0, 0.05) is 19.4 Å². The predicted octanol–water partition coefficient (Wildman–Crippen LogP) is 19.7.